The maximum absolute atomic E-state index is 14.7. The van der Waals surface area contributed by atoms with Gasteiger partial charge in [0.1, 0.15) is 11.9 Å². The number of aliphatic imine (C=N–C) groups is 1. The molecule has 2 unspecified atom stereocenters. The van der Waals surface area contributed by atoms with E-state index in [0.717, 1.165) is 0 Å². The molecule has 0 amide bonds. The van der Waals surface area contributed by atoms with Gasteiger partial charge in [0.2, 0.25) is 0 Å². The number of nitrogens with zero attached hydrogens (tertiary/aromatic N) is 5. The first-order valence-electron chi connectivity index (χ1n) is 14.1. The molecule has 4 heterocycles. The van der Waals surface area contributed by atoms with Crippen molar-refractivity contribution in [2.75, 3.05) is 45.9 Å². The summed E-state index contributed by atoms with van der Waals surface area (Å²) < 4.78 is 20.2. The smallest absolute Gasteiger partial charge is 0.338 e. The topological polar surface area (TPSA) is 111 Å². The zero-order valence-electron chi connectivity index (χ0n) is 23.5. The van der Waals surface area contributed by atoms with Crippen LogP contribution in [0.4, 0.5) is 4.39 Å². The molecule has 4 aliphatic rings. The largest absolute Gasteiger partial charge is 0.481 e. The molecular weight excluding hydrogens is 579 g/mol. The van der Waals surface area contributed by atoms with Crippen LogP contribution in [0.3, 0.4) is 0 Å². The zero-order valence-corrected chi connectivity index (χ0v) is 25.1. The molecule has 0 radical (unpaired) electrons. The fraction of sp³-hybridized carbons (Fsp3) is 0.483. The van der Waals surface area contributed by atoms with Gasteiger partial charge < -0.3 is 25.0 Å². The lowest BCUT2D eigenvalue weighted by molar-refractivity contribution is -0.143. The standard InChI is InChI=1S/C29H33FN6O4S2/c1-3-40-26(37)22-21(32-24(25-31-9-12-42-25)33-23(22)19-5-4-6-20(30)17(19)2)15-34-10-11-36-18(13-34)14-35(28(36)41)16-29(7-8-29)27(38)39/h4-6,9,12,18,23H,3,7-8,10-11,13-16H2,1-2H3,(H,32,33)(H,38,39). The number of piperazine rings is 1. The van der Waals surface area contributed by atoms with Crippen LogP contribution in [0.1, 0.15) is 41.9 Å². The number of rotatable bonds is 9. The number of thiocarbonyl (C=S) groups is 1. The number of nitrogens with one attached hydrogen (secondary N) is 1. The van der Waals surface area contributed by atoms with Crippen LogP contribution in [-0.4, -0.2) is 99.6 Å². The van der Waals surface area contributed by atoms with Crippen LogP contribution in [0.5, 0.6) is 0 Å². The lowest BCUT2D eigenvalue weighted by Crippen LogP contribution is -2.53. The molecule has 3 aliphatic heterocycles. The summed E-state index contributed by atoms with van der Waals surface area (Å²) in [4.78, 5) is 41.1. The molecular formula is C29H33FN6O4S2. The second-order valence-electron chi connectivity index (χ2n) is 11.2. The van der Waals surface area contributed by atoms with Gasteiger partial charge in [0.25, 0.3) is 0 Å². The lowest BCUT2D eigenvalue weighted by Gasteiger charge is -2.38. The van der Waals surface area contributed by atoms with Crippen molar-refractivity contribution in [3.8, 4) is 0 Å². The second-order valence-corrected chi connectivity index (χ2v) is 12.5. The number of amidine groups is 1. The number of halogens is 1. The number of aliphatic carboxylic acids is 1. The van der Waals surface area contributed by atoms with Crippen molar-refractivity contribution in [2.45, 2.75) is 38.8 Å². The van der Waals surface area contributed by atoms with Crippen molar-refractivity contribution in [3.63, 3.8) is 0 Å². The Labute approximate surface area is 252 Å². The molecule has 0 bridgehead atoms. The third kappa shape index (κ3) is 5.29. The van der Waals surface area contributed by atoms with Gasteiger partial charge in [-0.25, -0.2) is 14.2 Å². The Hall–Kier alpha value is -3.42. The number of carboxylic acid groups (broad SMARTS) is 1. The van der Waals surface area contributed by atoms with Gasteiger partial charge in [-0.1, -0.05) is 12.1 Å². The second kappa shape index (κ2) is 11.3. The van der Waals surface area contributed by atoms with E-state index in [1.807, 2.05) is 10.3 Å². The van der Waals surface area contributed by atoms with E-state index < -0.39 is 23.4 Å². The van der Waals surface area contributed by atoms with E-state index in [9.17, 15) is 19.1 Å². The molecule has 42 heavy (non-hydrogen) atoms. The van der Waals surface area contributed by atoms with Crippen molar-refractivity contribution in [3.05, 3.63) is 63.0 Å². The third-order valence-electron chi connectivity index (χ3n) is 8.56. The highest BCUT2D eigenvalue weighted by Gasteiger charge is 2.53. The first-order chi connectivity index (χ1) is 20.2. The first kappa shape index (κ1) is 28.7. The molecule has 13 heteroatoms. The number of thiazole rings is 1. The van der Waals surface area contributed by atoms with E-state index in [0.29, 0.717) is 90.5 Å². The maximum Gasteiger partial charge on any atom is 0.338 e. The SMILES string of the molecule is CCOC(=O)C1=C(CN2CCN3C(=S)N(CC4(C(=O)O)CC4)CC3C2)NC(c2nccs2)=NC1c1cccc(F)c1C. The number of fused-ring (bicyclic) bond motifs is 1. The molecule has 1 aromatic heterocycles. The Bertz CT molecular complexity index is 1470. The van der Waals surface area contributed by atoms with Crippen LogP contribution >= 0.6 is 23.6 Å². The fourth-order valence-electron chi connectivity index (χ4n) is 6.06. The number of carboxylic acids is 1. The summed E-state index contributed by atoms with van der Waals surface area (Å²) in [6.45, 7) is 7.24. The summed E-state index contributed by atoms with van der Waals surface area (Å²) in [5.41, 5.74) is 1.35. The molecule has 3 fully saturated rings. The van der Waals surface area contributed by atoms with Crippen LogP contribution < -0.4 is 5.32 Å². The number of ether oxygens (including phenoxy) is 1. The van der Waals surface area contributed by atoms with Crippen molar-refractivity contribution < 1.29 is 23.8 Å². The molecule has 2 atom stereocenters. The number of hydrogen-bond acceptors (Lipinski definition) is 9. The quantitative estimate of drug-likeness (QED) is 0.324. The molecule has 222 valence electrons. The normalized spacial score (nSPS) is 23.4. The molecule has 10 nitrogen and oxygen atoms in total. The highest BCUT2D eigenvalue weighted by atomic mass is 32.1. The van der Waals surface area contributed by atoms with Gasteiger partial charge in [-0.15, -0.1) is 11.3 Å². The molecule has 1 saturated carbocycles. The summed E-state index contributed by atoms with van der Waals surface area (Å²) in [7, 11) is 0. The van der Waals surface area contributed by atoms with Crippen molar-refractivity contribution in [2.24, 2.45) is 10.4 Å². The molecule has 2 N–H and O–H groups in total. The van der Waals surface area contributed by atoms with Gasteiger partial charge in [-0.05, 0) is 56.1 Å². The molecule has 2 saturated heterocycles. The molecule has 1 aliphatic carbocycles. The predicted molar refractivity (Wildman–Crippen MR) is 160 cm³/mol. The van der Waals surface area contributed by atoms with Gasteiger partial charge in [0.05, 0.1) is 23.6 Å². The van der Waals surface area contributed by atoms with E-state index in [1.165, 1.54) is 17.4 Å². The Kier molecular flexibility index (Phi) is 7.75. The average molecular weight is 613 g/mol. The average Bonchev–Trinajstić information content (AvgIpc) is 3.41. The highest BCUT2D eigenvalue weighted by molar-refractivity contribution is 7.80. The summed E-state index contributed by atoms with van der Waals surface area (Å²) in [6, 6.07) is 4.17. The van der Waals surface area contributed by atoms with Gasteiger partial charge >= 0.3 is 11.9 Å². The maximum atomic E-state index is 14.7. The van der Waals surface area contributed by atoms with Gasteiger partial charge in [0.15, 0.2) is 16.0 Å². The molecule has 2 aromatic rings. The van der Waals surface area contributed by atoms with Gasteiger partial charge in [0, 0.05) is 56.5 Å². The minimum atomic E-state index is -0.767. The Morgan fingerprint density at radius 3 is 2.79 bits per heavy atom. The summed E-state index contributed by atoms with van der Waals surface area (Å²) in [5.74, 6) is -1.09. The van der Waals surface area contributed by atoms with Gasteiger partial charge in [-0.3, -0.25) is 14.7 Å². The minimum Gasteiger partial charge on any atom is -0.481 e. The Balaban J connectivity index is 1.29. The number of carbonyl (C=O) groups is 2. The van der Waals surface area contributed by atoms with Crippen LogP contribution in [0.2, 0.25) is 0 Å². The minimum absolute atomic E-state index is 0.111. The number of benzene rings is 1. The summed E-state index contributed by atoms with van der Waals surface area (Å²) >= 11 is 7.19. The third-order valence-corrected chi connectivity index (χ3v) is 9.83. The van der Waals surface area contributed by atoms with Gasteiger partial charge in [-0.2, -0.15) is 0 Å². The monoisotopic (exact) mass is 612 g/mol. The van der Waals surface area contributed by atoms with E-state index in [-0.39, 0.29) is 18.5 Å². The Morgan fingerprint density at radius 1 is 1.29 bits per heavy atom. The van der Waals surface area contributed by atoms with E-state index >= 15 is 0 Å². The lowest BCUT2D eigenvalue weighted by atomic mass is 9.92. The Morgan fingerprint density at radius 2 is 2.10 bits per heavy atom. The van der Waals surface area contributed by atoms with E-state index in [2.05, 4.69) is 20.1 Å². The fourth-order valence-corrected chi connectivity index (χ4v) is 7.03. The first-order valence-corrected chi connectivity index (χ1v) is 15.4. The number of hydrogen-bond donors (Lipinski definition) is 2. The van der Waals surface area contributed by atoms with Crippen molar-refractivity contribution in [1.29, 1.82) is 0 Å². The van der Waals surface area contributed by atoms with Crippen LogP contribution in [0.25, 0.3) is 0 Å². The van der Waals surface area contributed by atoms with Crippen LogP contribution in [-0.2, 0) is 14.3 Å². The number of aromatic nitrogens is 1. The molecule has 1 aromatic carbocycles. The molecule has 0 spiro atoms. The van der Waals surface area contributed by atoms with E-state index in [4.69, 9.17) is 21.9 Å². The number of carbonyl (C=O) groups excluding carboxylic acids is 1. The number of esters is 1. The predicted octanol–water partition coefficient (Wildman–Crippen LogP) is 2.95. The van der Waals surface area contributed by atoms with Crippen LogP contribution in [0, 0.1) is 18.2 Å². The van der Waals surface area contributed by atoms with Crippen molar-refractivity contribution >= 4 is 46.4 Å². The molecule has 6 rings (SSSR count). The summed E-state index contributed by atoms with van der Waals surface area (Å²) in [5, 5.41) is 16.3. The van der Waals surface area contributed by atoms with Crippen LogP contribution in [0.15, 0.2) is 46.0 Å². The zero-order chi connectivity index (χ0) is 29.6. The summed E-state index contributed by atoms with van der Waals surface area (Å²) in [6.07, 6.45) is 3.06. The van der Waals surface area contributed by atoms with E-state index in [1.54, 1.807) is 32.2 Å². The highest BCUT2D eigenvalue weighted by Crippen LogP contribution is 2.47. The van der Waals surface area contributed by atoms with Crippen molar-refractivity contribution in [1.82, 2.24) is 25.0 Å².